The standard InChI is InChI=1S/C16H24O2/c1-4-7-16(18-15(17)10(2)3)9-11-8-14(16)13-6-5-12(11)13/h11-14H,2,4-9H2,1,3H3. The van der Waals surface area contributed by atoms with Gasteiger partial charge in [0.15, 0.2) is 0 Å². The van der Waals surface area contributed by atoms with E-state index in [2.05, 4.69) is 13.5 Å². The van der Waals surface area contributed by atoms with Crippen LogP contribution >= 0.6 is 0 Å². The van der Waals surface area contributed by atoms with E-state index in [0.717, 1.165) is 37.0 Å². The molecule has 3 rings (SSSR count). The van der Waals surface area contributed by atoms with Crippen LogP contribution in [-0.4, -0.2) is 11.6 Å². The molecule has 0 N–H and O–H groups in total. The number of esters is 1. The Kier molecular flexibility index (Phi) is 2.80. The molecule has 0 amide bonds. The first-order valence-corrected chi connectivity index (χ1v) is 7.46. The Balaban J connectivity index is 1.80. The smallest absolute Gasteiger partial charge is 0.333 e. The Morgan fingerprint density at radius 1 is 1.39 bits per heavy atom. The van der Waals surface area contributed by atoms with Crippen LogP contribution < -0.4 is 0 Å². The molecule has 100 valence electrons. The molecule has 0 aliphatic heterocycles. The van der Waals surface area contributed by atoms with Gasteiger partial charge >= 0.3 is 5.97 Å². The van der Waals surface area contributed by atoms with Crippen LogP contribution in [0.5, 0.6) is 0 Å². The fourth-order valence-corrected chi connectivity index (χ4v) is 4.90. The zero-order chi connectivity index (χ0) is 12.9. The molecule has 3 aliphatic rings. The number of carbonyl (C=O) groups is 1. The lowest BCUT2D eigenvalue weighted by Gasteiger charge is -2.49. The Morgan fingerprint density at radius 2 is 2.11 bits per heavy atom. The summed E-state index contributed by atoms with van der Waals surface area (Å²) < 4.78 is 5.95. The molecule has 0 spiro atoms. The van der Waals surface area contributed by atoms with Gasteiger partial charge in [-0.05, 0) is 56.8 Å². The molecule has 18 heavy (non-hydrogen) atoms. The maximum atomic E-state index is 11.9. The number of fused-ring (bicyclic) bond motifs is 5. The van der Waals surface area contributed by atoms with Gasteiger partial charge in [0.05, 0.1) is 0 Å². The van der Waals surface area contributed by atoms with Crippen LogP contribution in [0.25, 0.3) is 0 Å². The lowest BCUT2D eigenvalue weighted by molar-refractivity contribution is -0.170. The number of hydrogen-bond acceptors (Lipinski definition) is 2. The molecular formula is C16H24O2. The molecule has 0 aromatic carbocycles. The average Bonchev–Trinajstić information content (AvgIpc) is 2.67. The molecule has 3 aliphatic carbocycles. The summed E-state index contributed by atoms with van der Waals surface area (Å²) in [5.74, 6) is 3.12. The van der Waals surface area contributed by atoms with E-state index in [1.807, 2.05) is 0 Å². The van der Waals surface area contributed by atoms with Gasteiger partial charge in [0.25, 0.3) is 0 Å². The molecule has 0 radical (unpaired) electrons. The molecule has 2 heteroatoms. The average molecular weight is 248 g/mol. The van der Waals surface area contributed by atoms with Gasteiger partial charge in [-0.15, -0.1) is 0 Å². The Morgan fingerprint density at radius 3 is 2.61 bits per heavy atom. The molecule has 0 aromatic rings. The van der Waals surface area contributed by atoms with Crippen molar-refractivity contribution < 1.29 is 9.53 Å². The summed E-state index contributed by atoms with van der Waals surface area (Å²) in [6, 6.07) is 0. The summed E-state index contributed by atoms with van der Waals surface area (Å²) in [6.07, 6.45) is 7.34. The van der Waals surface area contributed by atoms with E-state index in [4.69, 9.17) is 4.74 Å². The number of rotatable bonds is 4. The first kappa shape index (κ1) is 12.3. The highest BCUT2D eigenvalue weighted by Crippen LogP contribution is 2.66. The Bertz CT molecular complexity index is 385. The van der Waals surface area contributed by atoms with Crippen LogP contribution in [0.2, 0.25) is 0 Å². The first-order chi connectivity index (χ1) is 8.57. The van der Waals surface area contributed by atoms with Crippen molar-refractivity contribution in [1.82, 2.24) is 0 Å². The summed E-state index contributed by atoms with van der Waals surface area (Å²) in [7, 11) is 0. The minimum Gasteiger partial charge on any atom is -0.455 e. The maximum absolute atomic E-state index is 11.9. The maximum Gasteiger partial charge on any atom is 0.333 e. The summed E-state index contributed by atoms with van der Waals surface area (Å²) in [5.41, 5.74) is 0.398. The third-order valence-electron chi connectivity index (χ3n) is 5.66. The van der Waals surface area contributed by atoms with E-state index >= 15 is 0 Å². The quantitative estimate of drug-likeness (QED) is 0.560. The van der Waals surface area contributed by atoms with Gasteiger partial charge in [0, 0.05) is 11.5 Å². The molecular weight excluding hydrogens is 224 g/mol. The van der Waals surface area contributed by atoms with Crippen molar-refractivity contribution >= 4 is 5.97 Å². The molecule has 2 nitrogen and oxygen atoms in total. The Hall–Kier alpha value is -0.790. The van der Waals surface area contributed by atoms with Crippen molar-refractivity contribution in [3.8, 4) is 0 Å². The molecule has 3 saturated carbocycles. The van der Waals surface area contributed by atoms with Gasteiger partial charge in [-0.2, -0.15) is 0 Å². The van der Waals surface area contributed by atoms with Crippen molar-refractivity contribution in [2.75, 3.05) is 0 Å². The fourth-order valence-electron chi connectivity index (χ4n) is 4.90. The topological polar surface area (TPSA) is 26.3 Å². The molecule has 0 heterocycles. The zero-order valence-electron chi connectivity index (χ0n) is 11.6. The molecule has 3 fully saturated rings. The minimum atomic E-state index is -0.174. The largest absolute Gasteiger partial charge is 0.455 e. The summed E-state index contributed by atoms with van der Waals surface area (Å²) in [4.78, 5) is 11.9. The van der Waals surface area contributed by atoms with E-state index < -0.39 is 0 Å². The molecule has 0 saturated heterocycles. The molecule has 5 unspecified atom stereocenters. The lowest BCUT2D eigenvalue weighted by Crippen LogP contribution is -2.49. The fraction of sp³-hybridized carbons (Fsp3) is 0.812. The second-order valence-electron chi connectivity index (χ2n) is 6.70. The zero-order valence-corrected chi connectivity index (χ0v) is 11.6. The Labute approximate surface area is 110 Å². The molecule has 0 aromatic heterocycles. The second-order valence-corrected chi connectivity index (χ2v) is 6.70. The van der Waals surface area contributed by atoms with Crippen molar-refractivity contribution in [1.29, 1.82) is 0 Å². The number of ether oxygens (including phenoxy) is 1. The highest BCUT2D eigenvalue weighted by Gasteiger charge is 2.63. The van der Waals surface area contributed by atoms with Crippen LogP contribution in [0.3, 0.4) is 0 Å². The van der Waals surface area contributed by atoms with Crippen molar-refractivity contribution in [2.24, 2.45) is 23.7 Å². The van der Waals surface area contributed by atoms with E-state index in [1.165, 1.54) is 19.3 Å². The van der Waals surface area contributed by atoms with Crippen LogP contribution in [0.1, 0.15) is 52.4 Å². The number of carbonyl (C=O) groups excluding carboxylic acids is 1. The minimum absolute atomic E-state index is 0.142. The van der Waals surface area contributed by atoms with Gasteiger partial charge in [-0.25, -0.2) is 4.79 Å². The van der Waals surface area contributed by atoms with E-state index in [1.54, 1.807) is 6.92 Å². The summed E-state index contributed by atoms with van der Waals surface area (Å²) >= 11 is 0. The van der Waals surface area contributed by atoms with Crippen LogP contribution in [0.15, 0.2) is 12.2 Å². The predicted molar refractivity (Wildman–Crippen MR) is 71.0 cm³/mol. The number of hydrogen-bond donors (Lipinski definition) is 0. The highest BCUT2D eigenvalue weighted by atomic mass is 16.6. The van der Waals surface area contributed by atoms with Crippen LogP contribution in [-0.2, 0) is 9.53 Å². The first-order valence-electron chi connectivity index (χ1n) is 7.46. The van der Waals surface area contributed by atoms with Crippen LogP contribution in [0, 0.1) is 23.7 Å². The van der Waals surface area contributed by atoms with E-state index in [-0.39, 0.29) is 11.6 Å². The van der Waals surface area contributed by atoms with Gasteiger partial charge < -0.3 is 4.74 Å². The summed E-state index contributed by atoms with van der Waals surface area (Å²) in [6.45, 7) is 7.67. The van der Waals surface area contributed by atoms with Crippen molar-refractivity contribution in [2.45, 2.75) is 58.0 Å². The second kappa shape index (κ2) is 4.11. The lowest BCUT2D eigenvalue weighted by atomic mass is 9.60. The van der Waals surface area contributed by atoms with Gasteiger partial charge in [-0.3, -0.25) is 0 Å². The van der Waals surface area contributed by atoms with Gasteiger partial charge in [0.1, 0.15) is 5.60 Å². The van der Waals surface area contributed by atoms with Gasteiger partial charge in [0.2, 0.25) is 0 Å². The highest BCUT2D eigenvalue weighted by molar-refractivity contribution is 5.87. The summed E-state index contributed by atoms with van der Waals surface area (Å²) in [5, 5.41) is 0. The van der Waals surface area contributed by atoms with Crippen LogP contribution in [0.4, 0.5) is 0 Å². The van der Waals surface area contributed by atoms with E-state index in [9.17, 15) is 4.79 Å². The predicted octanol–water partition coefficient (Wildman–Crippen LogP) is 3.71. The monoisotopic (exact) mass is 248 g/mol. The normalized spacial score (nSPS) is 44.3. The SMILES string of the molecule is C=C(C)C(=O)OC1(CCC)CC2CC1C1CCC21. The van der Waals surface area contributed by atoms with Gasteiger partial charge in [-0.1, -0.05) is 19.9 Å². The third kappa shape index (κ3) is 1.57. The molecule has 5 atom stereocenters. The third-order valence-corrected chi connectivity index (χ3v) is 5.66. The van der Waals surface area contributed by atoms with Crippen molar-refractivity contribution in [3.63, 3.8) is 0 Å². The van der Waals surface area contributed by atoms with Crippen molar-refractivity contribution in [3.05, 3.63) is 12.2 Å². The molecule has 2 bridgehead atoms. The van der Waals surface area contributed by atoms with E-state index in [0.29, 0.717) is 11.5 Å².